The largest absolute Gasteiger partial charge is 0.497 e. The van der Waals surface area contributed by atoms with Crippen LogP contribution in [0.25, 0.3) is 12.2 Å². The first kappa shape index (κ1) is 29.9. The number of aromatic nitrogens is 2. The summed E-state index contributed by atoms with van der Waals surface area (Å²) < 4.78 is 34.7. The van der Waals surface area contributed by atoms with Crippen LogP contribution in [0.2, 0.25) is 5.02 Å². The molecule has 2 aromatic carbocycles. The van der Waals surface area contributed by atoms with Crippen LogP contribution < -0.4 is 30.8 Å². The number of anilines is 3. The second kappa shape index (κ2) is 13.4. The molecule has 0 saturated heterocycles. The Kier molecular flexibility index (Phi) is 10.3. The van der Waals surface area contributed by atoms with E-state index >= 15 is 0 Å². The van der Waals surface area contributed by atoms with Gasteiger partial charge in [0, 0.05) is 18.2 Å². The molecule has 10 nitrogen and oxygen atoms in total. The molecular formula is C27H33ClN6O4S. The van der Waals surface area contributed by atoms with E-state index in [0.29, 0.717) is 33.7 Å². The van der Waals surface area contributed by atoms with Crippen LogP contribution in [-0.4, -0.2) is 63.5 Å². The number of nitrogens with zero attached hydrogens (tertiary/aromatic N) is 3. The fourth-order valence-corrected chi connectivity index (χ4v) is 4.81. The lowest BCUT2D eigenvalue weighted by Crippen LogP contribution is -2.33. The first-order valence-corrected chi connectivity index (χ1v) is 14.1. The monoisotopic (exact) mass is 572 g/mol. The summed E-state index contributed by atoms with van der Waals surface area (Å²) in [5.74, 6) is 0.300. The number of nitrogens with one attached hydrogen (secondary N) is 3. The number of methoxy groups -OCH3 is 1. The molecule has 0 spiro atoms. The molecule has 12 heteroatoms. The predicted molar refractivity (Wildman–Crippen MR) is 156 cm³/mol. The van der Waals surface area contributed by atoms with Gasteiger partial charge in [0.1, 0.15) is 5.75 Å². The van der Waals surface area contributed by atoms with Crippen molar-refractivity contribution in [3.63, 3.8) is 0 Å². The summed E-state index contributed by atoms with van der Waals surface area (Å²) in [6, 6.07) is 10.8. The Morgan fingerprint density at radius 1 is 1.05 bits per heavy atom. The van der Waals surface area contributed by atoms with E-state index in [9.17, 15) is 13.2 Å². The molecule has 0 fully saturated rings. The van der Waals surface area contributed by atoms with E-state index in [0.717, 1.165) is 13.0 Å². The van der Waals surface area contributed by atoms with E-state index in [1.54, 1.807) is 50.3 Å². The maximum absolute atomic E-state index is 13.4. The van der Waals surface area contributed by atoms with Gasteiger partial charge in [-0.25, -0.2) is 18.4 Å². The average Bonchev–Trinajstić information content (AvgIpc) is 2.92. The number of hydrogen-bond acceptors (Lipinski definition) is 8. The lowest BCUT2D eigenvalue weighted by molar-refractivity contribution is 0.0952. The lowest BCUT2D eigenvalue weighted by Gasteiger charge is -2.15. The van der Waals surface area contributed by atoms with E-state index in [1.165, 1.54) is 25.3 Å². The standard InChI is InChI=1S/C27H33ClN6O4S/c1-6-22-23(7-2)31-26(25(30-22)32-24-17-19(38-5)12-13-21(24)28)33-39(36,37)20-11-8-10-18(16-20)27(35)29-14-9-15-34(3)4/h6-8,10-13,16-17H,9,14-15H2,1-5H3,(H,29,35)(H,30,32)(H,31,33)/b22-6+,23-7+. The van der Waals surface area contributed by atoms with Gasteiger partial charge in [0.15, 0.2) is 11.6 Å². The second-order valence-electron chi connectivity index (χ2n) is 8.79. The van der Waals surface area contributed by atoms with Gasteiger partial charge in [-0.2, -0.15) is 0 Å². The maximum atomic E-state index is 13.4. The zero-order valence-electron chi connectivity index (χ0n) is 22.6. The lowest BCUT2D eigenvalue weighted by atomic mass is 10.2. The number of hydrogen-bond donors (Lipinski definition) is 3. The second-order valence-corrected chi connectivity index (χ2v) is 10.9. The van der Waals surface area contributed by atoms with Gasteiger partial charge < -0.3 is 20.3 Å². The van der Waals surface area contributed by atoms with Gasteiger partial charge in [-0.15, -0.1) is 0 Å². The van der Waals surface area contributed by atoms with Gasteiger partial charge in [-0.1, -0.05) is 29.8 Å². The normalized spacial score (nSPS) is 12.5. The van der Waals surface area contributed by atoms with Crippen LogP contribution in [0.15, 0.2) is 47.4 Å². The fourth-order valence-electron chi connectivity index (χ4n) is 3.59. The summed E-state index contributed by atoms with van der Waals surface area (Å²) >= 11 is 6.37. The number of rotatable bonds is 11. The number of halogens is 1. The molecule has 0 saturated carbocycles. The summed E-state index contributed by atoms with van der Waals surface area (Å²) in [6.45, 7) is 4.88. The highest BCUT2D eigenvalue weighted by molar-refractivity contribution is 7.92. The first-order chi connectivity index (χ1) is 18.6. The number of benzene rings is 2. The third-order valence-corrected chi connectivity index (χ3v) is 7.30. The molecule has 39 heavy (non-hydrogen) atoms. The minimum atomic E-state index is -4.15. The van der Waals surface area contributed by atoms with Gasteiger partial charge in [0.05, 0.1) is 33.4 Å². The van der Waals surface area contributed by atoms with E-state index in [4.69, 9.17) is 16.3 Å². The molecule has 3 N–H and O–H groups in total. The molecule has 1 heterocycles. The molecule has 0 radical (unpaired) electrons. The van der Waals surface area contributed by atoms with Crippen LogP contribution in [-0.2, 0) is 10.0 Å². The summed E-state index contributed by atoms with van der Waals surface area (Å²) in [6.07, 6.45) is 4.26. The number of carbonyl (C=O) groups is 1. The minimum Gasteiger partial charge on any atom is -0.497 e. The van der Waals surface area contributed by atoms with Gasteiger partial charge >= 0.3 is 0 Å². The van der Waals surface area contributed by atoms with E-state index in [-0.39, 0.29) is 28.0 Å². The van der Waals surface area contributed by atoms with Crippen molar-refractivity contribution in [2.75, 3.05) is 44.3 Å². The number of carbonyl (C=O) groups excluding carboxylic acids is 1. The predicted octanol–water partition coefficient (Wildman–Crippen LogP) is 2.97. The molecule has 0 bridgehead atoms. The highest BCUT2D eigenvalue weighted by atomic mass is 35.5. The Labute approximate surface area is 233 Å². The molecule has 0 aliphatic rings. The molecule has 0 unspecified atom stereocenters. The van der Waals surface area contributed by atoms with E-state index in [1.807, 2.05) is 19.0 Å². The Balaban J connectivity index is 1.95. The molecule has 3 aromatic rings. The summed E-state index contributed by atoms with van der Waals surface area (Å²) in [4.78, 5) is 23.6. The van der Waals surface area contributed by atoms with Crippen molar-refractivity contribution in [2.24, 2.45) is 0 Å². The third kappa shape index (κ3) is 7.92. The minimum absolute atomic E-state index is 0.0360. The van der Waals surface area contributed by atoms with Crippen LogP contribution in [0.3, 0.4) is 0 Å². The molecule has 208 valence electrons. The summed E-state index contributed by atoms with van der Waals surface area (Å²) in [7, 11) is 1.29. The highest BCUT2D eigenvalue weighted by Gasteiger charge is 2.20. The van der Waals surface area contributed by atoms with Crippen LogP contribution in [0.4, 0.5) is 17.3 Å². The highest BCUT2D eigenvalue weighted by Crippen LogP contribution is 2.31. The fraction of sp³-hybridized carbons (Fsp3) is 0.296. The van der Waals surface area contributed by atoms with Crippen molar-refractivity contribution in [1.29, 1.82) is 0 Å². The molecule has 1 aromatic heterocycles. The Bertz CT molecular complexity index is 1560. The Morgan fingerprint density at radius 2 is 1.74 bits per heavy atom. The van der Waals surface area contributed by atoms with Crippen molar-refractivity contribution < 1.29 is 17.9 Å². The van der Waals surface area contributed by atoms with Crippen molar-refractivity contribution in [2.45, 2.75) is 25.2 Å². The molecule has 0 aliphatic carbocycles. The summed E-state index contributed by atoms with van der Waals surface area (Å²) in [5, 5.41) is 7.30. The Morgan fingerprint density at radius 3 is 2.38 bits per heavy atom. The topological polar surface area (TPSA) is 126 Å². The number of sulfonamides is 1. The molecule has 1 amide bonds. The van der Waals surface area contributed by atoms with Gasteiger partial charge in [-0.3, -0.25) is 9.52 Å². The van der Waals surface area contributed by atoms with Crippen LogP contribution in [0.5, 0.6) is 5.75 Å². The van der Waals surface area contributed by atoms with Crippen LogP contribution in [0, 0.1) is 0 Å². The molecule has 3 rings (SSSR count). The smallest absolute Gasteiger partial charge is 0.263 e. The SMILES string of the molecule is C/C=c1/nc(Nc2cc(OC)ccc2Cl)c(NS(=O)(=O)c2cccc(C(=O)NCCCN(C)C)c2)n/c1=C/C. The molecular weight excluding hydrogens is 540 g/mol. The van der Waals surface area contributed by atoms with Crippen molar-refractivity contribution in [3.05, 3.63) is 63.7 Å². The van der Waals surface area contributed by atoms with Gasteiger partial charge in [0.25, 0.3) is 15.9 Å². The van der Waals surface area contributed by atoms with Crippen molar-refractivity contribution in [3.8, 4) is 5.75 Å². The zero-order valence-corrected chi connectivity index (χ0v) is 24.2. The first-order valence-electron chi connectivity index (χ1n) is 12.2. The third-order valence-electron chi connectivity index (χ3n) is 5.63. The summed E-state index contributed by atoms with van der Waals surface area (Å²) in [5.41, 5.74) is 0.683. The Hall–Kier alpha value is -3.67. The molecule has 0 atom stereocenters. The number of amides is 1. The van der Waals surface area contributed by atoms with Gasteiger partial charge in [0.2, 0.25) is 0 Å². The quantitative estimate of drug-likeness (QED) is 0.299. The van der Waals surface area contributed by atoms with E-state index < -0.39 is 10.0 Å². The van der Waals surface area contributed by atoms with Crippen molar-refractivity contribution >= 4 is 57.0 Å². The zero-order chi connectivity index (χ0) is 28.6. The van der Waals surface area contributed by atoms with Crippen molar-refractivity contribution in [1.82, 2.24) is 20.2 Å². The van der Waals surface area contributed by atoms with Gasteiger partial charge in [-0.05, 0) is 71.2 Å². The van der Waals surface area contributed by atoms with E-state index in [2.05, 4.69) is 25.3 Å². The molecule has 0 aliphatic heterocycles. The maximum Gasteiger partial charge on any atom is 0.263 e. The average molecular weight is 573 g/mol. The number of ether oxygens (including phenoxy) is 1. The van der Waals surface area contributed by atoms with Crippen LogP contribution >= 0.6 is 11.6 Å². The van der Waals surface area contributed by atoms with Crippen LogP contribution in [0.1, 0.15) is 30.6 Å².